The summed E-state index contributed by atoms with van der Waals surface area (Å²) in [5.41, 5.74) is 3.87. The van der Waals surface area contributed by atoms with E-state index in [1.807, 2.05) is 12.1 Å². The van der Waals surface area contributed by atoms with Gasteiger partial charge >= 0.3 is 5.97 Å². The van der Waals surface area contributed by atoms with E-state index in [9.17, 15) is 4.79 Å². The van der Waals surface area contributed by atoms with Gasteiger partial charge in [-0.05, 0) is 48.2 Å². The summed E-state index contributed by atoms with van der Waals surface area (Å²) in [6.45, 7) is 4.19. The van der Waals surface area contributed by atoms with Crippen molar-refractivity contribution >= 4 is 17.6 Å². The molecular formula is C24H27N3O2. The molecule has 1 N–H and O–H groups in total. The lowest BCUT2D eigenvalue weighted by atomic mass is 9.83. The zero-order chi connectivity index (χ0) is 19.7. The van der Waals surface area contributed by atoms with Gasteiger partial charge in [0.2, 0.25) is 5.90 Å². The van der Waals surface area contributed by atoms with E-state index in [0.29, 0.717) is 5.90 Å². The monoisotopic (exact) mass is 389 g/mol. The zero-order valence-corrected chi connectivity index (χ0v) is 16.7. The molecule has 2 aromatic carbocycles. The van der Waals surface area contributed by atoms with Crippen molar-refractivity contribution in [2.75, 3.05) is 31.1 Å². The lowest BCUT2D eigenvalue weighted by Gasteiger charge is -2.29. The van der Waals surface area contributed by atoms with Gasteiger partial charge in [-0.2, -0.15) is 0 Å². The number of carbonyl (C=O) groups excluding carboxylic acids is 1. The molecule has 29 heavy (non-hydrogen) atoms. The molecule has 5 rings (SSSR count). The first-order chi connectivity index (χ1) is 14.2. The van der Waals surface area contributed by atoms with Crippen LogP contribution >= 0.6 is 0 Å². The average Bonchev–Trinajstić information content (AvgIpc) is 3.10. The minimum absolute atomic E-state index is 0.167. The molecule has 0 radical (unpaired) electrons. The summed E-state index contributed by atoms with van der Waals surface area (Å²) in [5, 5.41) is 3.39. The first kappa shape index (κ1) is 18.4. The van der Waals surface area contributed by atoms with Gasteiger partial charge in [0, 0.05) is 37.4 Å². The average molecular weight is 389 g/mol. The van der Waals surface area contributed by atoms with Crippen LogP contribution in [0.15, 0.2) is 53.5 Å². The van der Waals surface area contributed by atoms with Gasteiger partial charge in [0.25, 0.3) is 0 Å². The van der Waals surface area contributed by atoms with Gasteiger partial charge in [-0.3, -0.25) is 0 Å². The Balaban J connectivity index is 1.33. The van der Waals surface area contributed by atoms with Gasteiger partial charge in [-0.1, -0.05) is 43.5 Å². The van der Waals surface area contributed by atoms with Crippen LogP contribution in [-0.2, 0) is 9.53 Å². The molecule has 2 fully saturated rings. The Morgan fingerprint density at radius 2 is 1.41 bits per heavy atom. The molecule has 2 aliphatic heterocycles. The number of nitrogens with one attached hydrogen (secondary N) is 1. The molecule has 2 heterocycles. The maximum absolute atomic E-state index is 12.4. The van der Waals surface area contributed by atoms with Crippen molar-refractivity contribution in [3.63, 3.8) is 0 Å². The second-order valence-corrected chi connectivity index (χ2v) is 8.26. The van der Waals surface area contributed by atoms with E-state index in [-0.39, 0.29) is 5.97 Å². The van der Waals surface area contributed by atoms with Crippen molar-refractivity contribution in [1.82, 2.24) is 5.32 Å². The fourth-order valence-electron chi connectivity index (χ4n) is 4.61. The molecule has 0 atom stereocenters. The summed E-state index contributed by atoms with van der Waals surface area (Å²) in [6.07, 6.45) is 4.91. The predicted molar refractivity (Wildman–Crippen MR) is 115 cm³/mol. The van der Waals surface area contributed by atoms with E-state index >= 15 is 0 Å². The lowest BCUT2D eigenvalue weighted by Crippen LogP contribution is -2.43. The first-order valence-corrected chi connectivity index (χ1v) is 10.7. The second kappa shape index (κ2) is 7.64. The molecule has 3 aliphatic rings. The summed E-state index contributed by atoms with van der Waals surface area (Å²) in [7, 11) is 0. The van der Waals surface area contributed by atoms with E-state index in [0.717, 1.165) is 63.0 Å². The maximum Gasteiger partial charge on any atom is 0.340 e. The molecule has 150 valence electrons. The SMILES string of the molecule is O=C1OC(c2ccc(-c3ccc(N4CCNCC4)cc3)cc2)=NC12CCCCC2. The molecule has 5 heteroatoms. The molecule has 1 spiro atoms. The van der Waals surface area contributed by atoms with Crippen LogP contribution in [0.2, 0.25) is 0 Å². The Morgan fingerprint density at radius 3 is 2.07 bits per heavy atom. The summed E-state index contributed by atoms with van der Waals surface area (Å²) in [4.78, 5) is 19.6. The highest BCUT2D eigenvalue weighted by Crippen LogP contribution is 2.37. The Bertz CT molecular complexity index is 906. The van der Waals surface area contributed by atoms with Crippen molar-refractivity contribution < 1.29 is 9.53 Å². The zero-order valence-electron chi connectivity index (χ0n) is 16.7. The number of hydrogen-bond donors (Lipinski definition) is 1. The van der Waals surface area contributed by atoms with Crippen LogP contribution < -0.4 is 10.2 Å². The van der Waals surface area contributed by atoms with Crippen LogP contribution in [0.5, 0.6) is 0 Å². The molecule has 0 aromatic heterocycles. The lowest BCUT2D eigenvalue weighted by molar-refractivity contribution is -0.140. The minimum atomic E-state index is -0.619. The van der Waals surface area contributed by atoms with E-state index in [1.54, 1.807) is 0 Å². The molecular weight excluding hydrogens is 362 g/mol. The third-order valence-electron chi connectivity index (χ3n) is 6.38. The van der Waals surface area contributed by atoms with Gasteiger partial charge in [-0.25, -0.2) is 9.79 Å². The number of carbonyl (C=O) groups is 1. The Morgan fingerprint density at radius 1 is 0.828 bits per heavy atom. The maximum atomic E-state index is 12.4. The predicted octanol–water partition coefficient (Wildman–Crippen LogP) is 3.77. The Kier molecular flexibility index (Phi) is 4.84. The van der Waals surface area contributed by atoms with Crippen molar-refractivity contribution in [2.24, 2.45) is 4.99 Å². The number of nitrogens with zero attached hydrogens (tertiary/aromatic N) is 2. The number of ether oxygens (including phenoxy) is 1. The van der Waals surface area contributed by atoms with Crippen LogP contribution in [-0.4, -0.2) is 43.6 Å². The number of rotatable bonds is 3. The quantitative estimate of drug-likeness (QED) is 0.812. The highest BCUT2D eigenvalue weighted by Gasteiger charge is 2.46. The molecule has 1 aliphatic carbocycles. The number of hydrogen-bond acceptors (Lipinski definition) is 5. The summed E-state index contributed by atoms with van der Waals surface area (Å²) < 4.78 is 5.57. The summed E-state index contributed by atoms with van der Waals surface area (Å²) in [6, 6.07) is 16.9. The highest BCUT2D eigenvalue weighted by atomic mass is 16.6. The van der Waals surface area contributed by atoms with Crippen molar-refractivity contribution in [1.29, 1.82) is 0 Å². The molecule has 0 bridgehead atoms. The molecule has 2 aromatic rings. The van der Waals surface area contributed by atoms with Crippen molar-refractivity contribution in [3.05, 3.63) is 54.1 Å². The highest BCUT2D eigenvalue weighted by molar-refractivity contribution is 6.08. The summed E-state index contributed by atoms with van der Waals surface area (Å²) in [5.74, 6) is 0.317. The smallest absolute Gasteiger partial charge is 0.340 e. The number of piperazine rings is 1. The third kappa shape index (κ3) is 3.55. The van der Waals surface area contributed by atoms with Crippen LogP contribution in [0.3, 0.4) is 0 Å². The fourth-order valence-corrected chi connectivity index (χ4v) is 4.61. The van der Waals surface area contributed by atoms with Crippen molar-refractivity contribution in [2.45, 2.75) is 37.6 Å². The summed E-state index contributed by atoms with van der Waals surface area (Å²) >= 11 is 0. The molecule has 5 nitrogen and oxygen atoms in total. The first-order valence-electron chi connectivity index (χ1n) is 10.7. The Labute approximate surface area is 171 Å². The number of benzene rings is 2. The van der Waals surface area contributed by atoms with Crippen LogP contribution in [0, 0.1) is 0 Å². The second-order valence-electron chi connectivity index (χ2n) is 8.26. The molecule has 0 amide bonds. The number of anilines is 1. The van der Waals surface area contributed by atoms with Crippen molar-refractivity contribution in [3.8, 4) is 11.1 Å². The minimum Gasteiger partial charge on any atom is -0.405 e. The van der Waals surface area contributed by atoms with E-state index in [2.05, 4.69) is 46.6 Å². The molecule has 1 saturated carbocycles. The molecule has 1 saturated heterocycles. The van der Waals surface area contributed by atoms with Gasteiger partial charge in [0.15, 0.2) is 5.54 Å². The largest absolute Gasteiger partial charge is 0.405 e. The number of cyclic esters (lactones) is 1. The third-order valence-corrected chi connectivity index (χ3v) is 6.38. The van der Waals surface area contributed by atoms with E-state index in [1.165, 1.54) is 17.7 Å². The van der Waals surface area contributed by atoms with Crippen LogP contribution in [0.1, 0.15) is 37.7 Å². The number of aliphatic imine (C=N–C) groups is 1. The van der Waals surface area contributed by atoms with Gasteiger partial charge in [0.05, 0.1) is 0 Å². The Hall–Kier alpha value is -2.66. The van der Waals surface area contributed by atoms with Crippen LogP contribution in [0.4, 0.5) is 5.69 Å². The van der Waals surface area contributed by atoms with E-state index in [4.69, 9.17) is 9.73 Å². The van der Waals surface area contributed by atoms with Crippen LogP contribution in [0.25, 0.3) is 11.1 Å². The normalized spacial score (nSPS) is 21.2. The van der Waals surface area contributed by atoms with E-state index < -0.39 is 5.54 Å². The van der Waals surface area contributed by atoms with Gasteiger partial charge in [-0.15, -0.1) is 0 Å². The van der Waals surface area contributed by atoms with Gasteiger partial charge < -0.3 is 15.0 Å². The number of esters is 1. The standard InChI is InChI=1S/C24H27N3O2/c28-23-24(12-2-1-3-13-24)26-22(29-23)20-6-4-18(5-7-20)19-8-10-21(11-9-19)27-16-14-25-15-17-27/h4-11,25H,1-3,12-17H2. The molecule has 0 unspecified atom stereocenters. The topological polar surface area (TPSA) is 53.9 Å². The fraction of sp³-hybridized carbons (Fsp3) is 0.417. The van der Waals surface area contributed by atoms with Gasteiger partial charge in [0.1, 0.15) is 0 Å².